The van der Waals surface area contributed by atoms with Gasteiger partial charge >= 0.3 is 138 Å². The van der Waals surface area contributed by atoms with Gasteiger partial charge in [0.05, 0.1) is 0 Å². The van der Waals surface area contributed by atoms with E-state index in [4.69, 9.17) is 4.39 Å². The molecular weight excluding hydrogens is 297 g/mol. The second-order valence-corrected chi connectivity index (χ2v) is 0. The number of rotatable bonds is 0. The average molecular weight is 297 g/mol. The van der Waals surface area contributed by atoms with E-state index in [0.29, 0.717) is 0 Å². The molecule has 12 valence electrons. The van der Waals surface area contributed by atoms with E-state index >= 15 is 0 Å². The molecule has 0 aliphatic rings. The summed E-state index contributed by atoms with van der Waals surface area (Å²) < 4.78 is 8.75. The monoisotopic (exact) mass is 297 g/mol. The Kier molecular flexibility index (Phi) is 61.7. The standard InChI is InChI=1S/CF.2Cs/c1-2;;/q-1;2*+1. The summed E-state index contributed by atoms with van der Waals surface area (Å²) >= 11 is 0. The molecule has 0 aromatic heterocycles. The molecule has 0 aromatic carbocycles. The smallest absolute Gasteiger partial charge is 0.522 e. The van der Waals surface area contributed by atoms with Gasteiger partial charge < -0.3 is 11.6 Å². The molecule has 0 rings (SSSR count). The largest absolute Gasteiger partial charge is 1.00 e. The van der Waals surface area contributed by atoms with Gasteiger partial charge in [-0.05, 0) is 0 Å². The Bertz CT molecular complexity index is 6.00. The van der Waals surface area contributed by atoms with Gasteiger partial charge in [0.25, 0.3) is 0 Å². The van der Waals surface area contributed by atoms with Crippen molar-refractivity contribution in [3.63, 3.8) is 0 Å². The minimum Gasteiger partial charge on any atom is -0.522 e. The third-order valence-corrected chi connectivity index (χ3v) is 0. The number of hydrogen-bond donors (Lipinski definition) is 0. The minimum absolute atomic E-state index is 0. The number of halogens is 1. The van der Waals surface area contributed by atoms with Crippen molar-refractivity contribution in [3.8, 4) is 0 Å². The summed E-state index contributed by atoms with van der Waals surface area (Å²) in [4.78, 5) is 0. The molecule has 0 nitrogen and oxygen atoms in total. The van der Waals surface area contributed by atoms with E-state index in [9.17, 15) is 0 Å². The Morgan fingerprint density at radius 2 is 1.00 bits per heavy atom. The van der Waals surface area contributed by atoms with Gasteiger partial charge in [-0.2, -0.15) is 0 Å². The predicted molar refractivity (Wildman–Crippen MR) is 4.35 cm³/mol. The molecule has 0 unspecified atom stereocenters. The number of hydrogen-bond acceptors (Lipinski definition) is 0. The quantitative estimate of drug-likeness (QED) is 0.391. The van der Waals surface area contributed by atoms with Gasteiger partial charge in [-0.3, -0.25) is 0 Å². The molecule has 0 saturated heterocycles. The van der Waals surface area contributed by atoms with E-state index in [-0.39, 0.29) is 138 Å². The average Bonchev–Trinajstić information content (AvgIpc) is 1.00. The van der Waals surface area contributed by atoms with E-state index in [1.165, 1.54) is 0 Å². The fraction of sp³-hybridized carbons (Fsp3) is 0. The summed E-state index contributed by atoms with van der Waals surface area (Å²) in [5.74, 6) is 0. The van der Waals surface area contributed by atoms with Crippen molar-refractivity contribution in [2.75, 3.05) is 0 Å². The third kappa shape index (κ3) is 9.40. The Morgan fingerprint density at radius 3 is 1.00 bits per heavy atom. The van der Waals surface area contributed by atoms with Crippen LogP contribution in [0.4, 0.5) is 4.39 Å². The van der Waals surface area contributed by atoms with Crippen LogP contribution in [0.3, 0.4) is 0 Å². The summed E-state index contributed by atoms with van der Waals surface area (Å²) in [7, 11) is 4.25. The maximum absolute atomic E-state index is 8.75. The SMILES string of the molecule is [C-]F.[Cs+].[Cs+]. The second kappa shape index (κ2) is 15.7. The van der Waals surface area contributed by atoms with Gasteiger partial charge in [-0.25, -0.2) is 0 Å². The van der Waals surface area contributed by atoms with Crippen LogP contribution in [0.25, 0.3) is 0 Å². The summed E-state index contributed by atoms with van der Waals surface area (Å²) in [5, 5.41) is 0. The van der Waals surface area contributed by atoms with Crippen molar-refractivity contribution >= 4 is 0 Å². The van der Waals surface area contributed by atoms with Crippen LogP contribution in [0.5, 0.6) is 0 Å². The van der Waals surface area contributed by atoms with Crippen LogP contribution in [0.2, 0.25) is 0 Å². The zero-order chi connectivity index (χ0) is 2.00. The van der Waals surface area contributed by atoms with Gasteiger partial charge in [-0.1, -0.05) is 0 Å². The van der Waals surface area contributed by atoms with Gasteiger partial charge in [0, 0.05) is 0 Å². The Morgan fingerprint density at radius 1 is 1.00 bits per heavy atom. The van der Waals surface area contributed by atoms with Crippen LogP contribution < -0.4 is 138 Å². The first kappa shape index (κ1) is 15.7. The minimum atomic E-state index is 0. The molecule has 4 heavy (non-hydrogen) atoms. The molecule has 0 atom stereocenters. The molecule has 0 aromatic rings. The molecule has 0 N–H and O–H groups in total. The molecule has 0 saturated carbocycles. The predicted octanol–water partition coefficient (Wildman–Crippen LogP) is -5.49. The zero-order valence-corrected chi connectivity index (χ0v) is 15.4. The van der Waals surface area contributed by atoms with Crippen molar-refractivity contribution in [1.29, 1.82) is 0 Å². The van der Waals surface area contributed by atoms with Crippen LogP contribution in [0.15, 0.2) is 0 Å². The second-order valence-electron chi connectivity index (χ2n) is 0. The Labute approximate surface area is 144 Å². The first-order valence-electron chi connectivity index (χ1n) is 0.189. The van der Waals surface area contributed by atoms with Crippen LogP contribution in [0, 0.1) is 7.18 Å². The molecular formula is CCs2F+. The summed E-state index contributed by atoms with van der Waals surface area (Å²) in [6.45, 7) is 0. The Balaban J connectivity index is -0.00000000500. The Hall–Kier alpha value is 4.03. The molecule has 0 aliphatic heterocycles. The van der Waals surface area contributed by atoms with Crippen LogP contribution in [-0.4, -0.2) is 0 Å². The third-order valence-electron chi connectivity index (χ3n) is 0. The van der Waals surface area contributed by atoms with Gasteiger partial charge in [-0.15, -0.1) is 0 Å². The summed E-state index contributed by atoms with van der Waals surface area (Å²) in [5.41, 5.74) is 0. The zero-order valence-electron chi connectivity index (χ0n) is 2.88. The molecule has 0 aliphatic carbocycles. The molecule has 3 heteroatoms. The van der Waals surface area contributed by atoms with E-state index < -0.39 is 0 Å². The molecule has 0 fully saturated rings. The van der Waals surface area contributed by atoms with Crippen molar-refractivity contribution < 1.29 is 142 Å². The van der Waals surface area contributed by atoms with E-state index in [0.717, 1.165) is 0 Å². The molecule has 0 amide bonds. The normalized spacial score (nSPS) is 1.50. The van der Waals surface area contributed by atoms with Gasteiger partial charge in [0.1, 0.15) is 0 Å². The van der Waals surface area contributed by atoms with E-state index in [1.54, 1.807) is 0 Å². The van der Waals surface area contributed by atoms with Crippen LogP contribution in [0.1, 0.15) is 0 Å². The van der Waals surface area contributed by atoms with Crippen molar-refractivity contribution in [1.82, 2.24) is 0 Å². The molecule has 0 bridgehead atoms. The van der Waals surface area contributed by atoms with Crippen molar-refractivity contribution in [3.05, 3.63) is 7.18 Å². The first-order valence-corrected chi connectivity index (χ1v) is 0.189. The van der Waals surface area contributed by atoms with E-state index in [2.05, 4.69) is 7.18 Å². The molecule has 2 radical (unpaired) electrons. The van der Waals surface area contributed by atoms with Gasteiger partial charge in [0.15, 0.2) is 0 Å². The van der Waals surface area contributed by atoms with Crippen LogP contribution >= 0.6 is 0 Å². The van der Waals surface area contributed by atoms with E-state index in [1.807, 2.05) is 0 Å². The van der Waals surface area contributed by atoms with Gasteiger partial charge in [0.2, 0.25) is 0 Å². The topological polar surface area (TPSA) is 0 Å². The summed E-state index contributed by atoms with van der Waals surface area (Å²) in [6, 6.07) is 0. The maximum Gasteiger partial charge on any atom is 1.00 e. The summed E-state index contributed by atoms with van der Waals surface area (Å²) in [6.07, 6.45) is 0. The van der Waals surface area contributed by atoms with Crippen molar-refractivity contribution in [2.24, 2.45) is 0 Å². The maximum atomic E-state index is 8.75. The molecule has 0 heterocycles. The fourth-order valence-electron chi connectivity index (χ4n) is 0. The fourth-order valence-corrected chi connectivity index (χ4v) is 0. The first-order chi connectivity index (χ1) is 1.00. The van der Waals surface area contributed by atoms with Crippen molar-refractivity contribution in [2.45, 2.75) is 0 Å². The molecule has 0 spiro atoms. The van der Waals surface area contributed by atoms with Crippen LogP contribution in [-0.2, 0) is 0 Å².